The summed E-state index contributed by atoms with van der Waals surface area (Å²) in [6.07, 6.45) is 1.02. The van der Waals surface area contributed by atoms with Gasteiger partial charge in [0, 0.05) is 22.2 Å². The van der Waals surface area contributed by atoms with Crippen molar-refractivity contribution >= 4 is 49.4 Å². The zero-order valence-electron chi connectivity index (χ0n) is 16.8. The number of hydrazone groups is 1. The smallest absolute Gasteiger partial charge is 0.270 e. The van der Waals surface area contributed by atoms with Crippen molar-refractivity contribution in [3.05, 3.63) is 92.9 Å². The van der Waals surface area contributed by atoms with E-state index < -0.39 is 27.4 Å². The lowest BCUT2D eigenvalue weighted by Gasteiger charge is -2.23. The molecule has 0 saturated carbocycles. The Balaban J connectivity index is 1.83. The number of nitrogens with one attached hydrogen (secondary N) is 1. The first-order chi connectivity index (χ1) is 15.7. The van der Waals surface area contributed by atoms with Crippen molar-refractivity contribution in [2.45, 2.75) is 4.90 Å². The Hall–Kier alpha value is -3.77. The van der Waals surface area contributed by atoms with Crippen molar-refractivity contribution in [2.75, 3.05) is 10.8 Å². The van der Waals surface area contributed by atoms with E-state index in [1.807, 2.05) is 0 Å². The van der Waals surface area contributed by atoms with Crippen LogP contribution in [0.2, 0.25) is 0 Å². The maximum Gasteiger partial charge on any atom is 0.270 e. The third-order valence-electron chi connectivity index (χ3n) is 4.33. The number of nitro groups is 1. The average Bonchev–Trinajstić information content (AvgIpc) is 2.79. The van der Waals surface area contributed by atoms with Crippen LogP contribution < -0.4 is 9.73 Å². The van der Waals surface area contributed by atoms with Crippen LogP contribution in [-0.4, -0.2) is 37.1 Å². The topological polar surface area (TPSA) is 142 Å². The maximum absolute atomic E-state index is 13.2. The van der Waals surface area contributed by atoms with E-state index in [0.717, 1.165) is 28.7 Å². The monoisotopic (exact) mass is 532 g/mol. The van der Waals surface area contributed by atoms with Crippen LogP contribution in [0.5, 0.6) is 5.75 Å². The van der Waals surface area contributed by atoms with E-state index in [4.69, 9.17) is 0 Å². The van der Waals surface area contributed by atoms with Gasteiger partial charge >= 0.3 is 0 Å². The van der Waals surface area contributed by atoms with Gasteiger partial charge in [0.2, 0.25) is 0 Å². The van der Waals surface area contributed by atoms with Gasteiger partial charge in [-0.15, -0.1) is 0 Å². The number of nitro benzene ring substituents is 1. The van der Waals surface area contributed by atoms with Gasteiger partial charge in [0.15, 0.2) is 0 Å². The molecule has 0 aromatic heterocycles. The summed E-state index contributed by atoms with van der Waals surface area (Å²) in [5.74, 6) is -1.04. The molecule has 3 aromatic rings. The van der Waals surface area contributed by atoms with Crippen molar-refractivity contribution in [2.24, 2.45) is 5.10 Å². The number of phenols is 1. The van der Waals surface area contributed by atoms with Gasteiger partial charge in [-0.1, -0.05) is 40.2 Å². The molecule has 3 rings (SSSR count). The normalized spacial score (nSPS) is 11.3. The zero-order valence-corrected chi connectivity index (χ0v) is 19.2. The summed E-state index contributed by atoms with van der Waals surface area (Å²) in [5.41, 5.74) is 2.17. The number of aromatic hydroxyl groups is 1. The van der Waals surface area contributed by atoms with Crippen LogP contribution in [-0.2, 0) is 14.8 Å². The van der Waals surface area contributed by atoms with Crippen LogP contribution >= 0.6 is 15.9 Å². The first-order valence-corrected chi connectivity index (χ1v) is 11.5. The molecule has 0 aliphatic carbocycles. The number of carbonyl (C=O) groups is 1. The largest absolute Gasteiger partial charge is 0.507 e. The predicted molar refractivity (Wildman–Crippen MR) is 126 cm³/mol. The number of rotatable bonds is 8. The number of amides is 1. The standard InChI is InChI=1S/C21H17BrN4O6S/c22-16-5-4-6-17(12-16)25(33(31,32)19-7-2-1-3-8-19)14-21(28)24-23-13-15-11-18(26(29)30)9-10-20(15)27/h1-13,27H,14H2,(H,24,28)/b23-13+. The third-order valence-corrected chi connectivity index (χ3v) is 6.61. The van der Waals surface area contributed by atoms with Gasteiger partial charge in [0.25, 0.3) is 21.6 Å². The number of hydrogen-bond acceptors (Lipinski definition) is 7. The first-order valence-electron chi connectivity index (χ1n) is 9.31. The number of phenolic OH excluding ortho intramolecular Hbond substituents is 1. The number of halogens is 1. The predicted octanol–water partition coefficient (Wildman–Crippen LogP) is 3.41. The van der Waals surface area contributed by atoms with Crippen LogP contribution in [0.25, 0.3) is 0 Å². The molecule has 0 spiro atoms. The summed E-state index contributed by atoms with van der Waals surface area (Å²) in [6, 6.07) is 17.4. The van der Waals surface area contributed by atoms with E-state index in [-0.39, 0.29) is 27.6 Å². The Labute approximate surface area is 197 Å². The average molecular weight is 533 g/mol. The van der Waals surface area contributed by atoms with E-state index in [0.29, 0.717) is 4.47 Å². The van der Waals surface area contributed by atoms with Gasteiger partial charge < -0.3 is 5.11 Å². The molecule has 10 nitrogen and oxygen atoms in total. The highest BCUT2D eigenvalue weighted by Crippen LogP contribution is 2.26. The molecule has 0 atom stereocenters. The number of hydrogen-bond donors (Lipinski definition) is 2. The van der Waals surface area contributed by atoms with Gasteiger partial charge in [0.05, 0.1) is 21.7 Å². The number of benzene rings is 3. The van der Waals surface area contributed by atoms with E-state index in [1.165, 1.54) is 12.1 Å². The molecule has 12 heteroatoms. The lowest BCUT2D eigenvalue weighted by atomic mass is 10.2. The van der Waals surface area contributed by atoms with Crippen LogP contribution in [0.3, 0.4) is 0 Å². The molecule has 2 N–H and O–H groups in total. The van der Waals surface area contributed by atoms with Gasteiger partial charge in [-0.3, -0.25) is 19.2 Å². The number of anilines is 1. The van der Waals surface area contributed by atoms with Gasteiger partial charge in [-0.25, -0.2) is 13.8 Å². The van der Waals surface area contributed by atoms with Crippen molar-refractivity contribution in [3.63, 3.8) is 0 Å². The van der Waals surface area contributed by atoms with Crippen molar-refractivity contribution in [1.82, 2.24) is 5.43 Å². The number of sulfonamides is 1. The highest BCUT2D eigenvalue weighted by molar-refractivity contribution is 9.10. The van der Waals surface area contributed by atoms with Gasteiger partial charge in [-0.2, -0.15) is 5.10 Å². The Morgan fingerprint density at radius 3 is 2.52 bits per heavy atom. The molecule has 0 radical (unpaired) electrons. The Bertz CT molecular complexity index is 1320. The van der Waals surface area contributed by atoms with Crippen molar-refractivity contribution in [3.8, 4) is 5.75 Å². The Morgan fingerprint density at radius 2 is 1.85 bits per heavy atom. The second kappa shape index (κ2) is 10.2. The van der Waals surface area contributed by atoms with Crippen LogP contribution in [0.15, 0.2) is 87.3 Å². The highest BCUT2D eigenvalue weighted by Gasteiger charge is 2.27. The second-order valence-corrected chi connectivity index (χ2v) is 9.38. The molecular formula is C21H17BrN4O6S. The minimum atomic E-state index is -4.08. The SMILES string of the molecule is O=C(CN(c1cccc(Br)c1)S(=O)(=O)c1ccccc1)N/N=C/c1cc([N+](=O)[O-])ccc1O. The first kappa shape index (κ1) is 23.9. The quantitative estimate of drug-likeness (QED) is 0.258. The molecule has 170 valence electrons. The summed E-state index contributed by atoms with van der Waals surface area (Å²) in [6.45, 7) is -0.591. The summed E-state index contributed by atoms with van der Waals surface area (Å²) in [5, 5.41) is 24.4. The van der Waals surface area contributed by atoms with Crippen LogP contribution in [0.4, 0.5) is 11.4 Å². The molecule has 0 bridgehead atoms. The maximum atomic E-state index is 13.2. The van der Waals surface area contributed by atoms with Crippen LogP contribution in [0.1, 0.15) is 5.56 Å². The molecular weight excluding hydrogens is 516 g/mol. The number of non-ortho nitro benzene ring substituents is 1. The van der Waals surface area contributed by atoms with E-state index in [9.17, 15) is 28.4 Å². The van der Waals surface area contributed by atoms with E-state index in [1.54, 1.807) is 42.5 Å². The molecule has 0 fully saturated rings. The fourth-order valence-electron chi connectivity index (χ4n) is 2.76. The summed E-state index contributed by atoms with van der Waals surface area (Å²) >= 11 is 3.29. The molecule has 0 aliphatic heterocycles. The Morgan fingerprint density at radius 1 is 1.12 bits per heavy atom. The number of nitrogens with zero attached hydrogens (tertiary/aromatic N) is 3. The third kappa shape index (κ3) is 5.93. The lowest BCUT2D eigenvalue weighted by Crippen LogP contribution is -2.39. The number of carbonyl (C=O) groups excluding carboxylic acids is 1. The van der Waals surface area contributed by atoms with Gasteiger partial charge in [-0.05, 0) is 36.4 Å². The molecule has 0 unspecified atom stereocenters. The van der Waals surface area contributed by atoms with Crippen molar-refractivity contribution < 1.29 is 23.2 Å². The highest BCUT2D eigenvalue weighted by atomic mass is 79.9. The van der Waals surface area contributed by atoms with E-state index >= 15 is 0 Å². The fraction of sp³-hybridized carbons (Fsp3) is 0.0476. The molecule has 0 heterocycles. The molecule has 0 saturated heterocycles. The summed E-state index contributed by atoms with van der Waals surface area (Å²) in [7, 11) is -4.08. The van der Waals surface area contributed by atoms with Gasteiger partial charge in [0.1, 0.15) is 12.3 Å². The Kier molecular flexibility index (Phi) is 7.41. The minimum Gasteiger partial charge on any atom is -0.507 e. The molecule has 1 amide bonds. The van der Waals surface area contributed by atoms with Crippen LogP contribution in [0, 0.1) is 10.1 Å². The zero-order chi connectivity index (χ0) is 24.0. The van der Waals surface area contributed by atoms with E-state index in [2.05, 4.69) is 26.5 Å². The molecule has 3 aromatic carbocycles. The lowest BCUT2D eigenvalue weighted by molar-refractivity contribution is -0.384. The van der Waals surface area contributed by atoms with Crippen molar-refractivity contribution in [1.29, 1.82) is 0 Å². The minimum absolute atomic E-state index is 0.00259. The molecule has 33 heavy (non-hydrogen) atoms. The summed E-state index contributed by atoms with van der Waals surface area (Å²) < 4.78 is 28.0. The summed E-state index contributed by atoms with van der Waals surface area (Å²) in [4.78, 5) is 22.8. The second-order valence-electron chi connectivity index (χ2n) is 6.60. The molecule has 0 aliphatic rings. The fourth-order valence-corrected chi connectivity index (χ4v) is 4.59.